The summed E-state index contributed by atoms with van der Waals surface area (Å²) >= 11 is 0. The zero-order chi connectivity index (χ0) is 33.2. The van der Waals surface area contributed by atoms with Gasteiger partial charge < -0.3 is 15.0 Å². The average molecular weight is 631 g/mol. The molecule has 1 atom stereocenters. The summed E-state index contributed by atoms with van der Waals surface area (Å²) in [6.07, 6.45) is 4.43. The Kier molecular flexibility index (Phi) is 16.9. The van der Waals surface area contributed by atoms with E-state index in [0.29, 0.717) is 17.4 Å². The van der Waals surface area contributed by atoms with Crippen molar-refractivity contribution < 1.29 is 22.7 Å². The predicted octanol–water partition coefficient (Wildman–Crippen LogP) is 8.60. The second-order valence-corrected chi connectivity index (χ2v) is 12.1. The molecule has 2 N–H and O–H groups in total. The topological polar surface area (TPSA) is 70.2 Å². The number of H-pyrrole nitrogens is 1. The molecule has 0 radical (unpaired) electrons. The van der Waals surface area contributed by atoms with Crippen molar-refractivity contribution in [3.63, 3.8) is 0 Å². The fourth-order valence-electron chi connectivity index (χ4n) is 5.20. The van der Waals surface area contributed by atoms with Crippen molar-refractivity contribution in [1.82, 2.24) is 20.2 Å². The highest BCUT2D eigenvalue weighted by molar-refractivity contribution is 5.56. The number of hydrogen-bond acceptors (Lipinski definition) is 4. The second-order valence-electron chi connectivity index (χ2n) is 12.1. The molecular formula is C36H53F3N4O2. The summed E-state index contributed by atoms with van der Waals surface area (Å²) in [5.74, 6) is 1.42. The number of nitrogens with one attached hydrogen (secondary N) is 2. The van der Waals surface area contributed by atoms with Crippen molar-refractivity contribution in [2.75, 3.05) is 20.3 Å². The van der Waals surface area contributed by atoms with Crippen molar-refractivity contribution in [2.24, 2.45) is 5.92 Å². The van der Waals surface area contributed by atoms with Crippen LogP contribution < -0.4 is 5.32 Å². The van der Waals surface area contributed by atoms with Crippen LogP contribution >= 0.6 is 0 Å². The molecule has 9 heteroatoms. The minimum absolute atomic E-state index is 0.358. The van der Waals surface area contributed by atoms with E-state index in [2.05, 4.69) is 78.3 Å². The number of rotatable bonds is 12. The molecule has 1 fully saturated rings. The molecule has 1 aliphatic rings. The van der Waals surface area contributed by atoms with E-state index in [0.717, 1.165) is 80.9 Å². The summed E-state index contributed by atoms with van der Waals surface area (Å²) < 4.78 is 42.4. The smallest absolute Gasteiger partial charge is 0.381 e. The molecule has 3 aromatic rings. The number of carbonyl (C=O) groups is 1. The number of carbonyl (C=O) groups excluding carboxylic acids is 1. The summed E-state index contributed by atoms with van der Waals surface area (Å²) in [6.45, 7) is 13.5. The first kappa shape index (κ1) is 38.0. The van der Waals surface area contributed by atoms with E-state index in [1.165, 1.54) is 43.4 Å². The highest BCUT2D eigenvalue weighted by Crippen LogP contribution is 2.30. The van der Waals surface area contributed by atoms with Crippen LogP contribution in [0.5, 0.6) is 0 Å². The first-order chi connectivity index (χ1) is 21.5. The Balaban J connectivity index is 0.000000248. The van der Waals surface area contributed by atoms with Gasteiger partial charge in [0.25, 0.3) is 0 Å². The maximum atomic E-state index is 12.4. The molecule has 250 valence electrons. The summed E-state index contributed by atoms with van der Waals surface area (Å²) in [7, 11) is 2.27. The maximum Gasteiger partial charge on any atom is 0.416 e. The monoisotopic (exact) mass is 630 g/mol. The number of amides is 1. The number of aromatic amines is 1. The average Bonchev–Trinajstić information content (AvgIpc) is 3.41. The Morgan fingerprint density at radius 1 is 1.02 bits per heavy atom. The Morgan fingerprint density at radius 2 is 1.67 bits per heavy atom. The van der Waals surface area contributed by atoms with Gasteiger partial charge in [-0.15, -0.1) is 0 Å². The van der Waals surface area contributed by atoms with E-state index < -0.39 is 11.7 Å². The van der Waals surface area contributed by atoms with Crippen molar-refractivity contribution in [3.8, 4) is 11.4 Å². The highest BCUT2D eigenvalue weighted by Gasteiger charge is 2.30. The van der Waals surface area contributed by atoms with E-state index in [1.54, 1.807) is 0 Å². The molecule has 2 heterocycles. The lowest BCUT2D eigenvalue weighted by atomic mass is 9.99. The predicted molar refractivity (Wildman–Crippen MR) is 177 cm³/mol. The Hall–Kier alpha value is -3.17. The van der Waals surface area contributed by atoms with E-state index >= 15 is 0 Å². The molecule has 0 saturated carbocycles. The Labute approximate surface area is 268 Å². The number of hydrogen-bond donors (Lipinski definition) is 2. The van der Waals surface area contributed by atoms with Gasteiger partial charge in [0.15, 0.2) is 0 Å². The fraction of sp³-hybridized carbons (Fsp3) is 0.556. The van der Waals surface area contributed by atoms with Crippen molar-refractivity contribution in [3.05, 3.63) is 77.1 Å². The van der Waals surface area contributed by atoms with E-state index in [4.69, 9.17) is 4.74 Å². The van der Waals surface area contributed by atoms with Crippen LogP contribution in [0.25, 0.3) is 11.4 Å². The minimum atomic E-state index is -4.30. The summed E-state index contributed by atoms with van der Waals surface area (Å²) in [5.41, 5.74) is 3.32. The van der Waals surface area contributed by atoms with E-state index in [1.807, 2.05) is 13.8 Å². The van der Waals surface area contributed by atoms with Gasteiger partial charge >= 0.3 is 6.18 Å². The third-order valence-electron chi connectivity index (χ3n) is 7.93. The van der Waals surface area contributed by atoms with Crippen LogP contribution in [0, 0.1) is 12.8 Å². The molecule has 4 rings (SSSR count). The fourth-order valence-corrected chi connectivity index (χ4v) is 5.20. The third-order valence-corrected chi connectivity index (χ3v) is 7.93. The zero-order valence-corrected chi connectivity index (χ0v) is 27.9. The van der Waals surface area contributed by atoms with Crippen LogP contribution in [-0.4, -0.2) is 53.6 Å². The van der Waals surface area contributed by atoms with Crippen LogP contribution in [0.1, 0.15) is 88.7 Å². The SMILES string of the molecule is CCCC(CCC(C)C)N(C)Cc1ccccc1.CCc1nc(-c2ccc(C(F)(F)F)cc2)[nH]c1C.O=CNC1CCOCC1. The van der Waals surface area contributed by atoms with Gasteiger partial charge in [0.2, 0.25) is 6.41 Å². The van der Waals surface area contributed by atoms with Crippen LogP contribution in [0.2, 0.25) is 0 Å². The number of benzene rings is 2. The summed E-state index contributed by atoms with van der Waals surface area (Å²) in [5, 5.41) is 2.72. The van der Waals surface area contributed by atoms with Crippen LogP contribution in [0.15, 0.2) is 54.6 Å². The van der Waals surface area contributed by atoms with Gasteiger partial charge in [-0.3, -0.25) is 9.69 Å². The second kappa shape index (κ2) is 20.1. The van der Waals surface area contributed by atoms with Crippen molar-refractivity contribution in [1.29, 1.82) is 0 Å². The number of ether oxygens (including phenoxy) is 1. The molecule has 0 spiro atoms. The Morgan fingerprint density at radius 3 is 2.18 bits per heavy atom. The number of halogens is 3. The minimum Gasteiger partial charge on any atom is -0.381 e. The molecule has 2 aromatic carbocycles. The number of alkyl halides is 3. The molecule has 0 bridgehead atoms. The maximum absolute atomic E-state index is 12.4. The largest absolute Gasteiger partial charge is 0.416 e. The standard InChI is InChI=1S/C17H29N.C13H13F3N2.C6H11NO2/c1-5-9-17(13-12-15(2)3)18(4)14-16-10-7-6-8-11-16;1-3-11-8(2)17-12(18-11)9-4-6-10(7-5-9)13(14,15)16;8-5-7-6-1-3-9-4-2-6/h6-8,10-11,15,17H,5,9,12-14H2,1-4H3;4-7H,3H2,1-2H3,(H,17,18);5-6H,1-4H2,(H,7,8). The quantitative estimate of drug-likeness (QED) is 0.197. The molecule has 1 aromatic heterocycles. The molecule has 1 saturated heterocycles. The van der Waals surface area contributed by atoms with Crippen molar-refractivity contribution >= 4 is 6.41 Å². The highest BCUT2D eigenvalue weighted by atomic mass is 19.4. The summed E-state index contributed by atoms with van der Waals surface area (Å²) in [6, 6.07) is 16.9. The first-order valence-electron chi connectivity index (χ1n) is 16.2. The number of aryl methyl sites for hydroxylation is 2. The number of imidazole rings is 1. The lowest BCUT2D eigenvalue weighted by molar-refractivity contribution is -0.137. The Bertz CT molecular complexity index is 1210. The normalized spacial score (nSPS) is 14.3. The van der Waals surface area contributed by atoms with Gasteiger partial charge in [0.1, 0.15) is 5.82 Å². The third kappa shape index (κ3) is 14.2. The lowest BCUT2D eigenvalue weighted by Gasteiger charge is -2.28. The van der Waals surface area contributed by atoms with Crippen LogP contribution in [0.4, 0.5) is 13.2 Å². The number of nitrogens with zero attached hydrogens (tertiary/aromatic N) is 2. The molecular weight excluding hydrogens is 577 g/mol. The van der Waals surface area contributed by atoms with Gasteiger partial charge in [-0.25, -0.2) is 4.98 Å². The lowest BCUT2D eigenvalue weighted by Crippen LogP contribution is -2.33. The van der Waals surface area contributed by atoms with E-state index in [-0.39, 0.29) is 0 Å². The van der Waals surface area contributed by atoms with Gasteiger partial charge in [-0.2, -0.15) is 13.2 Å². The van der Waals surface area contributed by atoms with Gasteiger partial charge in [0, 0.05) is 43.1 Å². The zero-order valence-electron chi connectivity index (χ0n) is 27.9. The molecule has 0 aliphatic carbocycles. The molecule has 6 nitrogen and oxygen atoms in total. The van der Waals surface area contributed by atoms with Gasteiger partial charge in [-0.1, -0.05) is 76.6 Å². The van der Waals surface area contributed by atoms with Gasteiger partial charge in [-0.05, 0) is 76.1 Å². The molecule has 1 aliphatic heterocycles. The van der Waals surface area contributed by atoms with E-state index in [9.17, 15) is 18.0 Å². The van der Waals surface area contributed by atoms with Gasteiger partial charge in [0.05, 0.1) is 11.3 Å². The molecule has 1 amide bonds. The number of aromatic nitrogens is 2. The summed E-state index contributed by atoms with van der Waals surface area (Å²) in [4.78, 5) is 19.9. The molecule has 1 unspecified atom stereocenters. The molecule has 45 heavy (non-hydrogen) atoms. The van der Waals surface area contributed by atoms with Crippen LogP contribution in [-0.2, 0) is 28.7 Å². The first-order valence-corrected chi connectivity index (χ1v) is 16.2. The van der Waals surface area contributed by atoms with Crippen molar-refractivity contribution in [2.45, 2.75) is 104 Å². The van der Waals surface area contributed by atoms with Crippen LogP contribution in [0.3, 0.4) is 0 Å².